The van der Waals surface area contributed by atoms with Crippen LogP contribution in [0.15, 0.2) is 28.8 Å². The van der Waals surface area contributed by atoms with Crippen molar-refractivity contribution in [3.8, 4) is 0 Å². The molecular weight excluding hydrogens is 416 g/mol. The molecule has 1 saturated heterocycles. The van der Waals surface area contributed by atoms with E-state index in [9.17, 15) is 19.2 Å². The second kappa shape index (κ2) is 8.78. The molecule has 2 atom stereocenters. The number of Topliss-reactive ketones (excluding diaryl/α,β-unsaturated/α-hetero) is 1. The van der Waals surface area contributed by atoms with Gasteiger partial charge in [0, 0.05) is 18.2 Å². The summed E-state index contributed by atoms with van der Waals surface area (Å²) in [5, 5.41) is 6.78. The van der Waals surface area contributed by atoms with Gasteiger partial charge in [-0.25, -0.2) is 9.78 Å². The summed E-state index contributed by atoms with van der Waals surface area (Å²) in [6.07, 6.45) is 4.49. The summed E-state index contributed by atoms with van der Waals surface area (Å²) in [5.41, 5.74) is 0.885. The summed E-state index contributed by atoms with van der Waals surface area (Å²) in [6, 6.07) is -0.893. The molecule has 11 heteroatoms. The van der Waals surface area contributed by atoms with Crippen LogP contribution in [-0.2, 0) is 19.1 Å². The van der Waals surface area contributed by atoms with Gasteiger partial charge in [-0.1, -0.05) is 19.1 Å². The number of aromatic nitrogens is 1. The van der Waals surface area contributed by atoms with Crippen molar-refractivity contribution < 1.29 is 23.9 Å². The van der Waals surface area contributed by atoms with Crippen LogP contribution >= 0.6 is 23.1 Å². The second-order valence-electron chi connectivity index (χ2n) is 6.15. The Morgan fingerprint density at radius 2 is 2.17 bits per heavy atom. The third kappa shape index (κ3) is 3.92. The number of carbonyl (C=O) groups excluding carboxylic acids is 4. The maximum absolute atomic E-state index is 12.7. The van der Waals surface area contributed by atoms with E-state index in [0.29, 0.717) is 16.5 Å². The number of fused-ring (bicyclic) bond motifs is 1. The van der Waals surface area contributed by atoms with Crippen LogP contribution in [-0.4, -0.2) is 64.8 Å². The minimum atomic E-state index is -0.906. The van der Waals surface area contributed by atoms with Crippen molar-refractivity contribution >= 4 is 51.8 Å². The smallest absolute Gasteiger partial charge is 0.355 e. The largest absolute Gasteiger partial charge is 0.464 e. The van der Waals surface area contributed by atoms with Crippen molar-refractivity contribution in [2.75, 3.05) is 25.2 Å². The monoisotopic (exact) mass is 436 g/mol. The molecule has 3 heterocycles. The minimum Gasteiger partial charge on any atom is -0.464 e. The first-order valence-electron chi connectivity index (χ1n) is 8.84. The number of β-lactam (4-membered cyclic amide) rings is 1. The van der Waals surface area contributed by atoms with Crippen LogP contribution in [0.3, 0.4) is 0 Å². The van der Waals surface area contributed by atoms with E-state index in [-0.39, 0.29) is 11.4 Å². The lowest BCUT2D eigenvalue weighted by Crippen LogP contribution is -2.71. The lowest BCUT2D eigenvalue weighted by Gasteiger charge is -2.49. The fourth-order valence-corrected chi connectivity index (χ4v) is 4.90. The summed E-state index contributed by atoms with van der Waals surface area (Å²) in [5.74, 6) is -2.31. The maximum Gasteiger partial charge on any atom is 0.355 e. The highest BCUT2D eigenvalue weighted by molar-refractivity contribution is 8.00. The van der Waals surface area contributed by atoms with Gasteiger partial charge in [0.25, 0.3) is 17.6 Å². The zero-order valence-corrected chi connectivity index (χ0v) is 17.7. The Morgan fingerprint density at radius 3 is 2.79 bits per heavy atom. The zero-order chi connectivity index (χ0) is 21.1. The van der Waals surface area contributed by atoms with Gasteiger partial charge in [-0.2, -0.15) is 0 Å². The normalized spacial score (nSPS) is 20.9. The predicted octanol–water partition coefficient (Wildman–Crippen LogP) is 1.16. The van der Waals surface area contributed by atoms with E-state index in [2.05, 4.69) is 15.6 Å². The number of rotatable bonds is 7. The molecule has 0 spiro atoms. The minimum absolute atomic E-state index is 0.0129. The first kappa shape index (κ1) is 21.1. The molecule has 1 aromatic rings. The first-order valence-corrected chi connectivity index (χ1v) is 10.8. The van der Waals surface area contributed by atoms with Crippen LogP contribution < -0.4 is 10.6 Å². The fraction of sp³-hybridized carbons (Fsp3) is 0.389. The molecule has 0 aliphatic carbocycles. The number of hydrogen-bond donors (Lipinski definition) is 2. The fourth-order valence-electron chi connectivity index (χ4n) is 2.93. The third-order valence-corrected chi connectivity index (χ3v) is 6.54. The third-order valence-electron chi connectivity index (χ3n) is 4.37. The van der Waals surface area contributed by atoms with Crippen molar-refractivity contribution in [3.63, 3.8) is 0 Å². The molecule has 0 saturated carbocycles. The highest BCUT2D eigenvalue weighted by Crippen LogP contribution is 2.41. The summed E-state index contributed by atoms with van der Waals surface area (Å²) in [7, 11) is 2.91. The average Bonchev–Trinajstić information content (AvgIpc) is 3.23. The van der Waals surface area contributed by atoms with E-state index in [0.717, 1.165) is 6.42 Å². The van der Waals surface area contributed by atoms with Gasteiger partial charge in [0.05, 0.1) is 7.11 Å². The standard InChI is InChI=1S/C18H20N4O5S2/c1-4-5-6-9-7-28-16-11(15(25)22(16)12(9)17(26)27-3)21-14(24)13(23)10-8-29-18(19-2)20-10/h5-6,8,11,16H,4,7H2,1-3H3,(H,19,20)(H,21,24). The van der Waals surface area contributed by atoms with Crippen LogP contribution in [0, 0.1) is 0 Å². The molecule has 0 radical (unpaired) electrons. The van der Waals surface area contributed by atoms with E-state index in [4.69, 9.17) is 4.74 Å². The molecule has 2 amide bonds. The van der Waals surface area contributed by atoms with Gasteiger partial charge in [-0.3, -0.25) is 19.3 Å². The van der Waals surface area contributed by atoms with E-state index in [1.807, 2.05) is 13.0 Å². The molecular formula is C18H20N4O5S2. The number of carbonyl (C=O) groups is 4. The number of allylic oxidation sites excluding steroid dienone is 2. The van der Waals surface area contributed by atoms with Gasteiger partial charge in [0.1, 0.15) is 22.8 Å². The quantitative estimate of drug-likeness (QED) is 0.283. The van der Waals surface area contributed by atoms with E-state index < -0.39 is 35.0 Å². The Bertz CT molecular complexity index is 923. The molecule has 2 N–H and O–H groups in total. The molecule has 154 valence electrons. The van der Waals surface area contributed by atoms with Gasteiger partial charge in [-0.15, -0.1) is 23.1 Å². The topological polar surface area (TPSA) is 118 Å². The number of methoxy groups -OCH3 is 1. The van der Waals surface area contributed by atoms with E-state index in [1.54, 1.807) is 13.1 Å². The number of hydrogen-bond acceptors (Lipinski definition) is 9. The molecule has 2 aliphatic rings. The predicted molar refractivity (Wildman–Crippen MR) is 109 cm³/mol. The van der Waals surface area contributed by atoms with Gasteiger partial charge in [-0.05, 0) is 12.0 Å². The summed E-state index contributed by atoms with van der Waals surface area (Å²) >= 11 is 2.61. The Labute approximate surface area is 175 Å². The van der Waals surface area contributed by atoms with Crippen molar-refractivity contribution in [2.45, 2.75) is 24.8 Å². The van der Waals surface area contributed by atoms with Crippen molar-refractivity contribution in [1.82, 2.24) is 15.2 Å². The number of nitrogens with zero attached hydrogens (tertiary/aromatic N) is 2. The van der Waals surface area contributed by atoms with Gasteiger partial charge in [0.15, 0.2) is 5.13 Å². The van der Waals surface area contributed by atoms with Crippen molar-refractivity contribution in [3.05, 3.63) is 34.5 Å². The second-order valence-corrected chi connectivity index (χ2v) is 8.12. The molecule has 0 bridgehead atoms. The SMILES string of the molecule is CCC=CC1=C(C(=O)OC)N2C(=O)C(NC(=O)C(=O)c3csc(NC)n3)C2SC1. The molecule has 9 nitrogen and oxygen atoms in total. The molecule has 1 aromatic heterocycles. The van der Waals surface area contributed by atoms with Crippen LogP contribution in [0.1, 0.15) is 23.8 Å². The Morgan fingerprint density at radius 1 is 1.41 bits per heavy atom. The van der Waals surface area contributed by atoms with E-state index in [1.165, 1.54) is 40.5 Å². The lowest BCUT2D eigenvalue weighted by atomic mass is 10.0. The average molecular weight is 437 g/mol. The Kier molecular flexibility index (Phi) is 6.38. The van der Waals surface area contributed by atoms with Crippen LogP contribution in [0.4, 0.5) is 5.13 Å². The molecule has 0 aromatic carbocycles. The zero-order valence-electron chi connectivity index (χ0n) is 16.1. The number of nitrogens with one attached hydrogen (secondary N) is 2. The molecule has 1 fully saturated rings. The Hall–Kier alpha value is -2.66. The van der Waals surface area contributed by atoms with Crippen molar-refractivity contribution in [1.29, 1.82) is 0 Å². The number of thioether (sulfide) groups is 1. The summed E-state index contributed by atoms with van der Waals surface area (Å²) in [4.78, 5) is 54.9. The Balaban J connectivity index is 1.75. The van der Waals surface area contributed by atoms with Gasteiger partial charge < -0.3 is 15.4 Å². The van der Waals surface area contributed by atoms with Crippen LogP contribution in [0.2, 0.25) is 0 Å². The number of ether oxygens (including phenoxy) is 1. The highest BCUT2D eigenvalue weighted by Gasteiger charge is 2.54. The number of thiazole rings is 1. The number of ketones is 1. The number of amides is 2. The first-order chi connectivity index (χ1) is 13.9. The number of anilines is 1. The van der Waals surface area contributed by atoms with Crippen LogP contribution in [0.25, 0.3) is 0 Å². The van der Waals surface area contributed by atoms with Gasteiger partial charge >= 0.3 is 5.97 Å². The van der Waals surface area contributed by atoms with Gasteiger partial charge in [0.2, 0.25) is 0 Å². The summed E-state index contributed by atoms with van der Waals surface area (Å²) < 4.78 is 4.84. The highest BCUT2D eigenvalue weighted by atomic mass is 32.2. The molecule has 2 aliphatic heterocycles. The van der Waals surface area contributed by atoms with Crippen LogP contribution in [0.5, 0.6) is 0 Å². The lowest BCUT2D eigenvalue weighted by molar-refractivity contribution is -0.151. The number of esters is 1. The molecule has 2 unspecified atom stereocenters. The van der Waals surface area contributed by atoms with E-state index >= 15 is 0 Å². The summed E-state index contributed by atoms with van der Waals surface area (Å²) in [6.45, 7) is 1.97. The van der Waals surface area contributed by atoms with Crippen molar-refractivity contribution in [2.24, 2.45) is 0 Å². The molecule has 29 heavy (non-hydrogen) atoms. The molecule has 3 rings (SSSR count). The maximum atomic E-state index is 12.7.